The van der Waals surface area contributed by atoms with Gasteiger partial charge in [0.1, 0.15) is 5.75 Å². The standard InChI is InChI=1S/C24H41O2/c1-2-3-4-5-6-7-8-9-10-11-12-13-14-15-16-17-22-26-24-20-18-23(25)19-21-24/h18-21H,2-17,22H2,1H3. The zero-order valence-corrected chi connectivity index (χ0v) is 17.1. The van der Waals surface area contributed by atoms with Crippen LogP contribution in [0.2, 0.25) is 0 Å². The molecule has 149 valence electrons. The average molecular weight is 362 g/mol. The fraction of sp³-hybridized carbons (Fsp3) is 0.750. The molecule has 1 rings (SSSR count). The Morgan fingerprint density at radius 1 is 0.577 bits per heavy atom. The second kappa shape index (κ2) is 17.2. The molecule has 0 saturated heterocycles. The summed E-state index contributed by atoms with van der Waals surface area (Å²) < 4.78 is 5.64. The van der Waals surface area contributed by atoms with E-state index >= 15 is 0 Å². The molecule has 1 aromatic rings. The van der Waals surface area contributed by atoms with Crippen LogP contribution < -0.4 is 4.74 Å². The van der Waals surface area contributed by atoms with Gasteiger partial charge in [-0.1, -0.05) is 103 Å². The molecule has 0 bridgehead atoms. The van der Waals surface area contributed by atoms with E-state index in [0.717, 1.165) is 18.8 Å². The summed E-state index contributed by atoms with van der Waals surface area (Å²) in [5.41, 5.74) is 0. The van der Waals surface area contributed by atoms with Gasteiger partial charge < -0.3 is 4.74 Å². The Hall–Kier alpha value is -1.18. The predicted molar refractivity (Wildman–Crippen MR) is 112 cm³/mol. The van der Waals surface area contributed by atoms with Crippen molar-refractivity contribution in [1.29, 1.82) is 0 Å². The molecular weight excluding hydrogens is 320 g/mol. The van der Waals surface area contributed by atoms with E-state index in [1.54, 1.807) is 24.3 Å². The molecule has 0 aliphatic rings. The molecule has 0 saturated carbocycles. The lowest BCUT2D eigenvalue weighted by Crippen LogP contribution is -1.96. The predicted octanol–water partition coefficient (Wildman–Crippen LogP) is 8.47. The van der Waals surface area contributed by atoms with Crippen molar-refractivity contribution in [1.82, 2.24) is 0 Å². The molecule has 0 heterocycles. The third kappa shape index (κ3) is 14.0. The van der Waals surface area contributed by atoms with Crippen molar-refractivity contribution in [2.45, 2.75) is 110 Å². The van der Waals surface area contributed by atoms with Crippen molar-refractivity contribution < 1.29 is 9.84 Å². The highest BCUT2D eigenvalue weighted by atomic mass is 16.5. The topological polar surface area (TPSA) is 29.1 Å². The fourth-order valence-corrected chi connectivity index (χ4v) is 3.38. The van der Waals surface area contributed by atoms with Crippen LogP contribution in [-0.2, 0) is 5.11 Å². The van der Waals surface area contributed by atoms with Gasteiger partial charge in [-0.25, -0.2) is 0 Å². The molecular formula is C24H41O2. The lowest BCUT2D eigenvalue weighted by atomic mass is 10.0. The number of rotatable bonds is 18. The highest BCUT2D eigenvalue weighted by Gasteiger charge is 1.97. The molecule has 1 aromatic carbocycles. The summed E-state index contributed by atoms with van der Waals surface area (Å²) in [4.78, 5) is 0. The minimum absolute atomic E-state index is 0.0414. The Morgan fingerprint density at radius 3 is 1.38 bits per heavy atom. The van der Waals surface area contributed by atoms with Gasteiger partial charge in [-0.2, -0.15) is 0 Å². The molecule has 0 unspecified atom stereocenters. The Morgan fingerprint density at radius 2 is 0.962 bits per heavy atom. The fourth-order valence-electron chi connectivity index (χ4n) is 3.38. The summed E-state index contributed by atoms with van der Waals surface area (Å²) in [7, 11) is 0. The van der Waals surface area contributed by atoms with Crippen molar-refractivity contribution in [3.8, 4) is 11.5 Å². The van der Waals surface area contributed by atoms with Gasteiger partial charge in [-0.3, -0.25) is 5.11 Å². The van der Waals surface area contributed by atoms with E-state index in [9.17, 15) is 5.11 Å². The first kappa shape index (κ1) is 22.9. The summed E-state index contributed by atoms with van der Waals surface area (Å²) in [5, 5.41) is 11.0. The van der Waals surface area contributed by atoms with Gasteiger partial charge in [0.15, 0.2) is 5.75 Å². The Labute approximate surface area is 162 Å². The van der Waals surface area contributed by atoms with E-state index in [4.69, 9.17) is 4.74 Å². The number of hydrogen-bond donors (Lipinski definition) is 0. The van der Waals surface area contributed by atoms with Crippen LogP contribution in [0.5, 0.6) is 11.5 Å². The van der Waals surface area contributed by atoms with Gasteiger partial charge in [0.25, 0.3) is 0 Å². The normalized spacial score (nSPS) is 11.0. The molecule has 0 N–H and O–H groups in total. The minimum Gasteiger partial charge on any atom is -0.494 e. The third-order valence-corrected chi connectivity index (χ3v) is 5.09. The monoisotopic (exact) mass is 361 g/mol. The molecule has 0 aromatic heterocycles. The van der Waals surface area contributed by atoms with Crippen LogP contribution in [0, 0.1) is 0 Å². The highest BCUT2D eigenvalue weighted by Crippen LogP contribution is 2.17. The van der Waals surface area contributed by atoms with Crippen LogP contribution in [0.25, 0.3) is 0 Å². The quantitative estimate of drug-likeness (QED) is 0.241. The summed E-state index contributed by atoms with van der Waals surface area (Å²) >= 11 is 0. The Kier molecular flexibility index (Phi) is 15.2. The number of benzene rings is 1. The summed E-state index contributed by atoms with van der Waals surface area (Å²) in [6.07, 6.45) is 22.2. The van der Waals surface area contributed by atoms with Crippen molar-refractivity contribution in [3.05, 3.63) is 24.3 Å². The molecule has 0 amide bonds. The largest absolute Gasteiger partial charge is 0.494 e. The smallest absolute Gasteiger partial charge is 0.178 e. The Bertz CT molecular complexity index is 399. The highest BCUT2D eigenvalue weighted by molar-refractivity contribution is 5.29. The lowest BCUT2D eigenvalue weighted by molar-refractivity contribution is 0.302. The summed E-state index contributed by atoms with van der Waals surface area (Å²) in [6.45, 7) is 3.04. The average Bonchev–Trinajstić information content (AvgIpc) is 2.66. The SMILES string of the molecule is CCCCCCCCCCCCCCCCCCOc1ccc([O])cc1. The molecule has 2 nitrogen and oxygen atoms in total. The van der Waals surface area contributed by atoms with Gasteiger partial charge in [0, 0.05) is 0 Å². The van der Waals surface area contributed by atoms with Gasteiger partial charge in [-0.05, 0) is 30.7 Å². The summed E-state index contributed by atoms with van der Waals surface area (Å²) in [5.74, 6) is 0.852. The maximum Gasteiger partial charge on any atom is 0.178 e. The van der Waals surface area contributed by atoms with Crippen LogP contribution in [0.3, 0.4) is 0 Å². The van der Waals surface area contributed by atoms with E-state index in [1.165, 1.54) is 96.3 Å². The van der Waals surface area contributed by atoms with Crippen molar-refractivity contribution >= 4 is 0 Å². The molecule has 26 heavy (non-hydrogen) atoms. The lowest BCUT2D eigenvalue weighted by Gasteiger charge is -2.06. The van der Waals surface area contributed by atoms with Gasteiger partial charge in [-0.15, -0.1) is 0 Å². The maximum atomic E-state index is 11.0. The minimum atomic E-state index is 0.0414. The zero-order valence-electron chi connectivity index (χ0n) is 17.1. The Balaban J connectivity index is 1.72. The van der Waals surface area contributed by atoms with Crippen LogP contribution in [0.4, 0.5) is 0 Å². The molecule has 0 fully saturated rings. The van der Waals surface area contributed by atoms with Crippen LogP contribution >= 0.6 is 0 Å². The van der Waals surface area contributed by atoms with E-state index < -0.39 is 0 Å². The van der Waals surface area contributed by atoms with Crippen LogP contribution in [0.1, 0.15) is 110 Å². The van der Waals surface area contributed by atoms with E-state index in [2.05, 4.69) is 6.92 Å². The van der Waals surface area contributed by atoms with Gasteiger partial charge in [0.05, 0.1) is 6.61 Å². The zero-order chi connectivity index (χ0) is 18.7. The van der Waals surface area contributed by atoms with E-state index in [-0.39, 0.29) is 5.75 Å². The van der Waals surface area contributed by atoms with E-state index in [1.807, 2.05) is 0 Å². The van der Waals surface area contributed by atoms with Gasteiger partial charge in [0.2, 0.25) is 0 Å². The van der Waals surface area contributed by atoms with E-state index in [0.29, 0.717) is 0 Å². The molecule has 1 radical (unpaired) electrons. The summed E-state index contributed by atoms with van der Waals surface area (Å²) in [6, 6.07) is 6.63. The maximum absolute atomic E-state index is 11.0. The van der Waals surface area contributed by atoms with Crippen molar-refractivity contribution in [2.75, 3.05) is 6.61 Å². The first-order valence-electron chi connectivity index (χ1n) is 11.2. The van der Waals surface area contributed by atoms with Crippen LogP contribution in [0.15, 0.2) is 24.3 Å². The van der Waals surface area contributed by atoms with Gasteiger partial charge >= 0.3 is 0 Å². The van der Waals surface area contributed by atoms with Crippen LogP contribution in [-0.4, -0.2) is 6.61 Å². The first-order chi connectivity index (χ1) is 12.8. The number of hydrogen-bond acceptors (Lipinski definition) is 1. The first-order valence-corrected chi connectivity index (χ1v) is 11.2. The molecule has 0 spiro atoms. The number of unbranched alkanes of at least 4 members (excludes halogenated alkanes) is 15. The molecule has 0 atom stereocenters. The van der Waals surface area contributed by atoms with Crippen molar-refractivity contribution in [3.63, 3.8) is 0 Å². The second-order valence-corrected chi connectivity index (χ2v) is 7.62. The molecule has 2 heteroatoms. The third-order valence-electron chi connectivity index (χ3n) is 5.09. The molecule has 0 aliphatic carbocycles. The molecule has 0 aliphatic heterocycles. The second-order valence-electron chi connectivity index (χ2n) is 7.62. The van der Waals surface area contributed by atoms with Crippen molar-refractivity contribution in [2.24, 2.45) is 0 Å². The number of ether oxygens (including phenoxy) is 1.